The molecule has 1 aromatic rings. The summed E-state index contributed by atoms with van der Waals surface area (Å²) in [5.41, 5.74) is -0.0512. The molecule has 106 valence electrons. The second-order valence-electron chi connectivity index (χ2n) is 3.52. The predicted octanol–water partition coefficient (Wildman–Crippen LogP) is 1.18. The summed E-state index contributed by atoms with van der Waals surface area (Å²) < 4.78 is 32.3. The van der Waals surface area contributed by atoms with E-state index in [2.05, 4.69) is 0 Å². The van der Waals surface area contributed by atoms with Crippen LogP contribution in [0.15, 0.2) is 23.1 Å². The van der Waals surface area contributed by atoms with Crippen molar-refractivity contribution in [1.29, 1.82) is 0 Å². The average molecular weight is 308 g/mol. The third kappa shape index (κ3) is 4.79. The van der Waals surface area contributed by atoms with Crippen LogP contribution in [-0.2, 0) is 19.5 Å². The monoisotopic (exact) mass is 307 g/mol. The Bertz CT molecular complexity index is 558. The number of hydrogen-bond donors (Lipinski definition) is 1. The summed E-state index contributed by atoms with van der Waals surface area (Å²) in [4.78, 5) is 11.5. The maximum absolute atomic E-state index is 11.7. The lowest BCUT2D eigenvalue weighted by Gasteiger charge is -2.07. The van der Waals surface area contributed by atoms with Gasteiger partial charge in [0.05, 0.1) is 22.1 Å². The van der Waals surface area contributed by atoms with Gasteiger partial charge in [0.1, 0.15) is 6.61 Å². The lowest BCUT2D eigenvalue weighted by atomic mass is 10.2. The molecule has 8 heteroatoms. The second-order valence-corrected chi connectivity index (χ2v) is 5.49. The van der Waals surface area contributed by atoms with Gasteiger partial charge in [-0.2, -0.15) is 0 Å². The largest absolute Gasteiger partial charge is 0.460 e. The molecule has 0 amide bonds. The third-order valence-electron chi connectivity index (χ3n) is 2.15. The fourth-order valence-electron chi connectivity index (χ4n) is 1.25. The molecule has 0 spiro atoms. The molecule has 0 saturated carbocycles. The first-order valence-corrected chi connectivity index (χ1v) is 7.36. The van der Waals surface area contributed by atoms with Gasteiger partial charge in [-0.05, 0) is 25.1 Å². The molecular weight excluding hydrogens is 294 g/mol. The molecule has 0 unspecified atom stereocenters. The molecule has 0 saturated heterocycles. The summed E-state index contributed by atoms with van der Waals surface area (Å²) in [7, 11) is -3.90. The number of benzene rings is 1. The van der Waals surface area contributed by atoms with E-state index in [-0.39, 0.29) is 28.7 Å². The SMILES string of the molecule is CCOCCOC(=O)c1cc(S(N)(=O)=O)ccc1Cl. The Kier molecular flexibility index (Phi) is 5.74. The number of sulfonamides is 1. The maximum Gasteiger partial charge on any atom is 0.339 e. The van der Waals surface area contributed by atoms with E-state index in [1.54, 1.807) is 0 Å². The number of rotatable bonds is 6. The van der Waals surface area contributed by atoms with E-state index in [1.165, 1.54) is 12.1 Å². The van der Waals surface area contributed by atoms with E-state index in [0.717, 1.165) is 6.07 Å². The van der Waals surface area contributed by atoms with Crippen molar-refractivity contribution in [3.8, 4) is 0 Å². The molecule has 0 aliphatic heterocycles. The van der Waals surface area contributed by atoms with Crippen LogP contribution in [0.3, 0.4) is 0 Å². The molecule has 6 nitrogen and oxygen atoms in total. The van der Waals surface area contributed by atoms with Crippen molar-refractivity contribution in [1.82, 2.24) is 0 Å². The normalized spacial score (nSPS) is 11.3. The third-order valence-corrected chi connectivity index (χ3v) is 3.39. The zero-order chi connectivity index (χ0) is 14.5. The van der Waals surface area contributed by atoms with Crippen molar-refractivity contribution in [2.45, 2.75) is 11.8 Å². The van der Waals surface area contributed by atoms with Crippen molar-refractivity contribution in [3.05, 3.63) is 28.8 Å². The molecule has 1 rings (SSSR count). The van der Waals surface area contributed by atoms with Crippen LogP contribution in [-0.4, -0.2) is 34.2 Å². The van der Waals surface area contributed by atoms with Gasteiger partial charge in [-0.3, -0.25) is 0 Å². The predicted molar refractivity (Wildman–Crippen MR) is 69.6 cm³/mol. The first-order valence-electron chi connectivity index (χ1n) is 5.43. The molecule has 0 atom stereocenters. The topological polar surface area (TPSA) is 95.7 Å². The minimum atomic E-state index is -3.90. The van der Waals surface area contributed by atoms with E-state index in [9.17, 15) is 13.2 Å². The Morgan fingerprint density at radius 1 is 1.37 bits per heavy atom. The molecule has 0 bridgehead atoms. The van der Waals surface area contributed by atoms with Crippen molar-refractivity contribution in [2.24, 2.45) is 5.14 Å². The Hall–Kier alpha value is -1.15. The summed E-state index contributed by atoms with van der Waals surface area (Å²) in [6.45, 7) is 2.64. The van der Waals surface area contributed by atoms with Gasteiger partial charge in [-0.25, -0.2) is 18.4 Å². The van der Waals surface area contributed by atoms with Gasteiger partial charge in [-0.15, -0.1) is 0 Å². The van der Waals surface area contributed by atoms with Gasteiger partial charge in [0.15, 0.2) is 0 Å². The maximum atomic E-state index is 11.7. The van der Waals surface area contributed by atoms with E-state index >= 15 is 0 Å². The fourth-order valence-corrected chi connectivity index (χ4v) is 1.99. The number of esters is 1. The Labute approximate surface area is 116 Å². The van der Waals surface area contributed by atoms with Gasteiger partial charge in [0.2, 0.25) is 10.0 Å². The molecule has 0 aromatic heterocycles. The molecule has 0 aliphatic rings. The number of ether oxygens (including phenoxy) is 2. The standard InChI is InChI=1S/C11H14ClNO5S/c1-2-17-5-6-18-11(14)9-7-8(19(13,15)16)3-4-10(9)12/h3-4,7H,2,5-6H2,1H3,(H2,13,15,16). The number of primary sulfonamides is 1. The van der Waals surface area contributed by atoms with Gasteiger partial charge in [-0.1, -0.05) is 11.6 Å². The minimum Gasteiger partial charge on any atom is -0.460 e. The summed E-state index contributed by atoms with van der Waals surface area (Å²) in [5.74, 6) is -0.727. The van der Waals surface area contributed by atoms with Crippen LogP contribution in [0.5, 0.6) is 0 Å². The molecule has 1 aromatic carbocycles. The first kappa shape index (κ1) is 15.9. The fraction of sp³-hybridized carbons (Fsp3) is 0.364. The molecule has 0 fully saturated rings. The zero-order valence-electron chi connectivity index (χ0n) is 10.3. The van der Waals surface area contributed by atoms with Crippen LogP contribution in [0.2, 0.25) is 5.02 Å². The number of carbonyl (C=O) groups excluding carboxylic acids is 1. The van der Waals surface area contributed by atoms with E-state index < -0.39 is 16.0 Å². The summed E-state index contributed by atoms with van der Waals surface area (Å²) in [5, 5.41) is 5.06. The molecule has 0 radical (unpaired) electrons. The van der Waals surface area contributed by atoms with Crippen LogP contribution in [0.1, 0.15) is 17.3 Å². The van der Waals surface area contributed by atoms with Crippen LogP contribution in [0.4, 0.5) is 0 Å². The smallest absolute Gasteiger partial charge is 0.339 e. The molecular formula is C11H14ClNO5S. The van der Waals surface area contributed by atoms with Gasteiger partial charge in [0.25, 0.3) is 0 Å². The number of halogens is 1. The summed E-state index contributed by atoms with van der Waals surface area (Å²) >= 11 is 5.81. The molecule has 0 heterocycles. The van der Waals surface area contributed by atoms with Crippen LogP contribution < -0.4 is 5.14 Å². The van der Waals surface area contributed by atoms with Gasteiger partial charge in [0, 0.05) is 6.61 Å². The van der Waals surface area contributed by atoms with Crippen LogP contribution >= 0.6 is 11.6 Å². The lowest BCUT2D eigenvalue weighted by molar-refractivity contribution is 0.0335. The zero-order valence-corrected chi connectivity index (χ0v) is 11.8. The summed E-state index contributed by atoms with van der Waals surface area (Å²) in [6.07, 6.45) is 0. The highest BCUT2D eigenvalue weighted by Crippen LogP contribution is 2.20. The Morgan fingerprint density at radius 2 is 2.05 bits per heavy atom. The van der Waals surface area contributed by atoms with Crippen LogP contribution in [0.25, 0.3) is 0 Å². The quantitative estimate of drug-likeness (QED) is 0.629. The van der Waals surface area contributed by atoms with Crippen molar-refractivity contribution in [3.63, 3.8) is 0 Å². The molecule has 0 aliphatic carbocycles. The van der Waals surface area contributed by atoms with Gasteiger partial charge >= 0.3 is 5.97 Å². The highest BCUT2D eigenvalue weighted by molar-refractivity contribution is 7.89. The van der Waals surface area contributed by atoms with Crippen LogP contribution in [0, 0.1) is 0 Å². The second kappa shape index (κ2) is 6.85. The Balaban J connectivity index is 2.84. The molecule has 19 heavy (non-hydrogen) atoms. The van der Waals surface area contributed by atoms with Crippen molar-refractivity contribution < 1.29 is 22.7 Å². The highest BCUT2D eigenvalue weighted by Gasteiger charge is 2.16. The van der Waals surface area contributed by atoms with Crippen molar-refractivity contribution >= 4 is 27.6 Å². The number of carbonyl (C=O) groups is 1. The number of hydrogen-bond acceptors (Lipinski definition) is 5. The first-order chi connectivity index (χ1) is 8.86. The van der Waals surface area contributed by atoms with Crippen molar-refractivity contribution in [2.75, 3.05) is 19.8 Å². The minimum absolute atomic E-state index is 0.0512. The Morgan fingerprint density at radius 3 is 2.63 bits per heavy atom. The highest BCUT2D eigenvalue weighted by atomic mass is 35.5. The summed E-state index contributed by atoms with van der Waals surface area (Å²) in [6, 6.07) is 3.58. The average Bonchev–Trinajstić information content (AvgIpc) is 2.33. The van der Waals surface area contributed by atoms with Gasteiger partial charge < -0.3 is 9.47 Å². The molecule has 2 N–H and O–H groups in total. The van der Waals surface area contributed by atoms with E-state index in [0.29, 0.717) is 6.61 Å². The van der Waals surface area contributed by atoms with E-state index in [1.807, 2.05) is 6.92 Å². The van der Waals surface area contributed by atoms with E-state index in [4.69, 9.17) is 26.2 Å². The lowest BCUT2D eigenvalue weighted by Crippen LogP contribution is -2.15. The number of nitrogens with two attached hydrogens (primary N) is 1.